The summed E-state index contributed by atoms with van der Waals surface area (Å²) in [5.41, 5.74) is 5.19. The Hall–Kier alpha value is -3.90. The summed E-state index contributed by atoms with van der Waals surface area (Å²) in [6.45, 7) is 2.05. The van der Waals surface area contributed by atoms with E-state index in [4.69, 9.17) is 17.2 Å². The number of rotatable bonds is 3. The highest BCUT2D eigenvalue weighted by atomic mass is 32.1. The maximum absolute atomic E-state index is 5.42. The molecule has 0 atom stereocenters. The van der Waals surface area contributed by atoms with Crippen LogP contribution in [-0.2, 0) is 0 Å². The van der Waals surface area contributed by atoms with E-state index in [1.807, 2.05) is 55.5 Å². The van der Waals surface area contributed by atoms with Gasteiger partial charge in [-0.15, -0.1) is 0 Å². The van der Waals surface area contributed by atoms with Crippen LogP contribution in [0.25, 0.3) is 33.2 Å². The number of aryl methyl sites for hydroxylation is 1. The molecule has 3 aromatic carbocycles. The molecule has 0 amide bonds. The number of hydrogen-bond acceptors (Lipinski definition) is 4. The fraction of sp³-hybridized carbons (Fsp3) is 0.0400. The minimum absolute atomic E-state index is 0.467. The summed E-state index contributed by atoms with van der Waals surface area (Å²) >= 11 is 5.42. The molecule has 2 heterocycles. The van der Waals surface area contributed by atoms with Crippen LogP contribution in [0.1, 0.15) is 5.56 Å². The average molecular weight is 422 g/mol. The molecule has 150 valence electrons. The van der Waals surface area contributed by atoms with Crippen molar-refractivity contribution in [2.24, 2.45) is 0 Å². The summed E-state index contributed by atoms with van der Waals surface area (Å²) in [5, 5.41) is 9.11. The topological polar surface area (TPSA) is 62.7 Å². The first kappa shape index (κ1) is 19.1. The molecular weight excluding hydrogens is 402 g/mol. The van der Waals surface area contributed by atoms with E-state index in [2.05, 4.69) is 50.9 Å². The second-order valence-electron chi connectivity index (χ2n) is 7.30. The third-order valence-electron chi connectivity index (χ3n) is 5.00. The molecule has 5 aromatic rings. The third-order valence-corrected chi connectivity index (χ3v) is 5.21. The Morgan fingerprint density at radius 1 is 0.806 bits per heavy atom. The largest absolute Gasteiger partial charge is 0.332 e. The molecule has 2 aromatic heterocycles. The molecule has 2 N–H and O–H groups in total. The van der Waals surface area contributed by atoms with Crippen LogP contribution in [-0.4, -0.2) is 20.1 Å². The van der Waals surface area contributed by atoms with E-state index in [0.29, 0.717) is 16.6 Å². The van der Waals surface area contributed by atoms with Crippen molar-refractivity contribution in [2.75, 3.05) is 10.6 Å². The zero-order chi connectivity index (χ0) is 21.2. The molecule has 0 aliphatic rings. The molecule has 0 aliphatic carbocycles. The monoisotopic (exact) mass is 421 g/mol. The SMILES string of the molecule is Cc1ccc(NC(=S)Nc2ccc3ncc(-c4ccc5ccccc5c4)nc3n2)cc1. The van der Waals surface area contributed by atoms with Crippen molar-refractivity contribution < 1.29 is 0 Å². The first-order valence-corrected chi connectivity index (χ1v) is 10.3. The first-order valence-electron chi connectivity index (χ1n) is 9.92. The van der Waals surface area contributed by atoms with Crippen molar-refractivity contribution in [1.29, 1.82) is 0 Å². The Morgan fingerprint density at radius 3 is 2.45 bits per heavy atom. The van der Waals surface area contributed by atoms with Gasteiger partial charge in [-0.2, -0.15) is 0 Å². The molecule has 0 saturated carbocycles. The van der Waals surface area contributed by atoms with E-state index >= 15 is 0 Å². The van der Waals surface area contributed by atoms with Crippen molar-refractivity contribution in [3.8, 4) is 11.3 Å². The lowest BCUT2D eigenvalue weighted by Gasteiger charge is -2.11. The van der Waals surface area contributed by atoms with Crippen LogP contribution >= 0.6 is 12.2 Å². The number of pyridine rings is 1. The Bertz CT molecular complexity index is 1410. The molecule has 5 rings (SSSR count). The molecule has 6 heteroatoms. The number of benzene rings is 3. The van der Waals surface area contributed by atoms with E-state index < -0.39 is 0 Å². The van der Waals surface area contributed by atoms with Gasteiger partial charge in [0.1, 0.15) is 11.3 Å². The van der Waals surface area contributed by atoms with Gasteiger partial charge < -0.3 is 10.6 Å². The summed E-state index contributed by atoms with van der Waals surface area (Å²) in [6, 6.07) is 26.3. The highest BCUT2D eigenvalue weighted by Gasteiger charge is 2.07. The predicted octanol–water partition coefficient (Wildman–Crippen LogP) is 5.96. The molecule has 0 spiro atoms. The van der Waals surface area contributed by atoms with Gasteiger partial charge in [0.25, 0.3) is 0 Å². The molecule has 31 heavy (non-hydrogen) atoms. The maximum Gasteiger partial charge on any atom is 0.180 e. The average Bonchev–Trinajstić information content (AvgIpc) is 2.80. The Morgan fingerprint density at radius 2 is 1.61 bits per heavy atom. The van der Waals surface area contributed by atoms with E-state index in [1.165, 1.54) is 10.9 Å². The Kier molecular flexibility index (Phi) is 4.98. The van der Waals surface area contributed by atoms with Crippen LogP contribution in [0.4, 0.5) is 11.5 Å². The van der Waals surface area contributed by atoms with Crippen LogP contribution in [0, 0.1) is 6.92 Å². The Labute approximate surface area is 185 Å². The van der Waals surface area contributed by atoms with Crippen LogP contribution in [0.2, 0.25) is 0 Å². The van der Waals surface area contributed by atoms with Gasteiger partial charge in [-0.25, -0.2) is 9.97 Å². The highest BCUT2D eigenvalue weighted by molar-refractivity contribution is 7.80. The van der Waals surface area contributed by atoms with Crippen molar-refractivity contribution in [3.63, 3.8) is 0 Å². The first-order chi connectivity index (χ1) is 15.1. The number of fused-ring (bicyclic) bond motifs is 2. The fourth-order valence-corrected chi connectivity index (χ4v) is 3.59. The minimum atomic E-state index is 0.467. The van der Waals surface area contributed by atoms with Crippen molar-refractivity contribution >= 4 is 50.8 Å². The molecule has 0 fully saturated rings. The van der Waals surface area contributed by atoms with Crippen LogP contribution in [0.5, 0.6) is 0 Å². The maximum atomic E-state index is 5.42. The molecule has 0 unspecified atom stereocenters. The summed E-state index contributed by atoms with van der Waals surface area (Å²) in [6.07, 6.45) is 1.78. The van der Waals surface area contributed by atoms with Crippen LogP contribution in [0.3, 0.4) is 0 Å². The molecule has 0 saturated heterocycles. The fourth-order valence-electron chi connectivity index (χ4n) is 3.37. The third kappa shape index (κ3) is 4.20. The predicted molar refractivity (Wildman–Crippen MR) is 131 cm³/mol. The van der Waals surface area contributed by atoms with E-state index in [1.54, 1.807) is 6.20 Å². The molecule has 0 aliphatic heterocycles. The second kappa shape index (κ2) is 8.08. The van der Waals surface area contributed by atoms with Crippen LogP contribution in [0.15, 0.2) is 85.1 Å². The van der Waals surface area contributed by atoms with Gasteiger partial charge in [0.2, 0.25) is 0 Å². The highest BCUT2D eigenvalue weighted by Crippen LogP contribution is 2.24. The zero-order valence-corrected chi connectivity index (χ0v) is 17.6. The summed E-state index contributed by atoms with van der Waals surface area (Å²) in [7, 11) is 0. The van der Waals surface area contributed by atoms with Crippen LogP contribution < -0.4 is 10.6 Å². The van der Waals surface area contributed by atoms with Gasteiger partial charge in [0.15, 0.2) is 10.8 Å². The quantitative estimate of drug-likeness (QED) is 0.350. The number of thiocarbonyl (C=S) groups is 1. The van der Waals surface area contributed by atoms with Crippen molar-refractivity contribution in [3.05, 3.63) is 90.6 Å². The second-order valence-corrected chi connectivity index (χ2v) is 7.71. The van der Waals surface area contributed by atoms with Gasteiger partial charge in [-0.3, -0.25) is 4.98 Å². The van der Waals surface area contributed by atoms with Gasteiger partial charge in [-0.05, 0) is 60.2 Å². The molecule has 0 radical (unpaired) electrons. The number of anilines is 2. The molecular formula is C25H19N5S. The van der Waals surface area contributed by atoms with Gasteiger partial charge >= 0.3 is 0 Å². The normalized spacial score (nSPS) is 10.9. The number of hydrogen-bond donors (Lipinski definition) is 2. The number of aromatic nitrogens is 3. The summed E-state index contributed by atoms with van der Waals surface area (Å²) < 4.78 is 0. The van der Waals surface area contributed by atoms with Gasteiger partial charge in [0.05, 0.1) is 11.9 Å². The summed E-state index contributed by atoms with van der Waals surface area (Å²) in [5.74, 6) is 0.613. The molecule has 5 nitrogen and oxygen atoms in total. The van der Waals surface area contributed by atoms with Crippen molar-refractivity contribution in [2.45, 2.75) is 6.92 Å². The standard InChI is InChI=1S/C25H19N5S/c1-16-6-10-20(11-7-16)27-25(31)30-23-13-12-21-24(29-23)28-22(15-26-21)19-9-8-17-4-2-3-5-18(17)14-19/h2-15H,1H3,(H2,27,28,29,30,31). The van der Waals surface area contributed by atoms with E-state index in [0.717, 1.165) is 27.8 Å². The number of nitrogens with one attached hydrogen (secondary N) is 2. The smallest absolute Gasteiger partial charge is 0.180 e. The summed E-state index contributed by atoms with van der Waals surface area (Å²) in [4.78, 5) is 13.9. The lowest BCUT2D eigenvalue weighted by Crippen LogP contribution is -2.19. The number of nitrogens with zero attached hydrogens (tertiary/aromatic N) is 3. The lowest BCUT2D eigenvalue weighted by molar-refractivity contribution is 1.23. The van der Waals surface area contributed by atoms with Crippen molar-refractivity contribution in [1.82, 2.24) is 15.0 Å². The van der Waals surface area contributed by atoms with E-state index in [-0.39, 0.29) is 0 Å². The zero-order valence-electron chi connectivity index (χ0n) is 16.8. The Balaban J connectivity index is 1.40. The lowest BCUT2D eigenvalue weighted by atomic mass is 10.1. The minimum Gasteiger partial charge on any atom is -0.332 e. The van der Waals surface area contributed by atoms with Gasteiger partial charge in [-0.1, -0.05) is 54.1 Å². The van der Waals surface area contributed by atoms with E-state index in [9.17, 15) is 0 Å². The molecule has 0 bridgehead atoms. The van der Waals surface area contributed by atoms with Gasteiger partial charge in [0, 0.05) is 11.3 Å².